The second kappa shape index (κ2) is 15.4. The zero-order chi connectivity index (χ0) is 32.7. The van der Waals surface area contributed by atoms with E-state index in [1.165, 1.54) is 0 Å². The van der Waals surface area contributed by atoms with Crippen LogP contribution in [0.2, 0.25) is 0 Å². The summed E-state index contributed by atoms with van der Waals surface area (Å²) in [4.78, 5) is 69.9. The molecule has 2 aromatic rings. The Labute approximate surface area is 264 Å². The zero-order valence-corrected chi connectivity index (χ0v) is 26.6. The minimum absolute atomic E-state index is 0.214. The Kier molecular flexibility index (Phi) is 11.7. The molecule has 2 aliphatic rings. The molecule has 0 bridgehead atoms. The van der Waals surface area contributed by atoms with Gasteiger partial charge in [-0.1, -0.05) is 51.0 Å². The fraction of sp³-hybridized carbons (Fsp3) is 0.559. The predicted octanol–water partition coefficient (Wildman–Crippen LogP) is 3.36. The third kappa shape index (κ3) is 7.88. The van der Waals surface area contributed by atoms with Crippen LogP contribution in [0.1, 0.15) is 85.9 Å². The predicted molar refractivity (Wildman–Crippen MR) is 171 cm³/mol. The van der Waals surface area contributed by atoms with Gasteiger partial charge in [-0.25, -0.2) is 0 Å². The number of rotatable bonds is 9. The lowest BCUT2D eigenvalue weighted by Crippen LogP contribution is -2.55. The van der Waals surface area contributed by atoms with Crippen LogP contribution >= 0.6 is 0 Å². The molecule has 0 aromatic heterocycles. The van der Waals surface area contributed by atoms with Crippen molar-refractivity contribution in [2.75, 3.05) is 26.7 Å². The smallest absolute Gasteiger partial charge is 0.307 e. The van der Waals surface area contributed by atoms with Crippen LogP contribution in [-0.2, 0) is 14.4 Å². The molecule has 0 radical (unpaired) electrons. The number of hydrogen-bond acceptors (Lipinski definition) is 7. The average Bonchev–Trinajstić information content (AvgIpc) is 3.26. The van der Waals surface area contributed by atoms with Crippen molar-refractivity contribution in [1.82, 2.24) is 20.4 Å². The fourth-order valence-corrected chi connectivity index (χ4v) is 6.62. The van der Waals surface area contributed by atoms with Gasteiger partial charge in [-0.3, -0.25) is 28.9 Å². The Morgan fingerprint density at radius 1 is 1.00 bits per heavy atom. The summed E-state index contributed by atoms with van der Waals surface area (Å²) >= 11 is 0. The first-order valence-electron chi connectivity index (χ1n) is 16.2. The molecule has 11 nitrogen and oxygen atoms in total. The quantitative estimate of drug-likeness (QED) is 0.310. The summed E-state index contributed by atoms with van der Waals surface area (Å²) in [6.07, 6.45) is 4.34. The first kappa shape index (κ1) is 34.1. The summed E-state index contributed by atoms with van der Waals surface area (Å²) in [6, 6.07) is 9.86. The number of carbonyl (C=O) groups excluding carboxylic acids is 4. The maximum absolute atomic E-state index is 13.8. The van der Waals surface area contributed by atoms with Crippen molar-refractivity contribution in [3.63, 3.8) is 0 Å². The standard InChI is InChI=1S/C34H47N5O6/c1-4-12-24(30(40)37-27-15-8-11-18-38(3)17-10-5-9-16-36-31(27)41)28(34(44)45)21(2)29(35)39-32(42)25-19-22-13-6-7-14-23(22)20-26(25)33(39)43/h6-7,13-14,19-21,24,27-29H,4-5,8-12,15-18,35H2,1-3H3,(H,36,41)(H,37,40)(H,44,45)/t21?,24-,27?,28+,29?/m0/s1. The highest BCUT2D eigenvalue weighted by molar-refractivity contribution is 6.23. The molecule has 3 unspecified atom stereocenters. The van der Waals surface area contributed by atoms with Gasteiger partial charge in [-0.05, 0) is 81.6 Å². The molecule has 2 heterocycles. The maximum Gasteiger partial charge on any atom is 0.307 e. The van der Waals surface area contributed by atoms with Gasteiger partial charge < -0.3 is 26.4 Å². The number of carboxylic acid groups (broad SMARTS) is 1. The second-order valence-corrected chi connectivity index (χ2v) is 12.5. The third-order valence-electron chi connectivity index (χ3n) is 9.27. The lowest BCUT2D eigenvalue weighted by atomic mass is 9.77. The van der Waals surface area contributed by atoms with Gasteiger partial charge in [0.2, 0.25) is 11.8 Å². The minimum Gasteiger partial charge on any atom is -0.481 e. The van der Waals surface area contributed by atoms with Crippen molar-refractivity contribution in [2.45, 2.75) is 77.4 Å². The van der Waals surface area contributed by atoms with Crippen molar-refractivity contribution in [3.8, 4) is 0 Å². The van der Waals surface area contributed by atoms with Crippen LogP contribution in [0, 0.1) is 17.8 Å². The summed E-state index contributed by atoms with van der Waals surface area (Å²) in [7, 11) is 2.08. The van der Waals surface area contributed by atoms with Crippen LogP contribution in [0.15, 0.2) is 36.4 Å². The van der Waals surface area contributed by atoms with Gasteiger partial charge in [-0.2, -0.15) is 0 Å². The number of fused-ring (bicyclic) bond motifs is 2. The van der Waals surface area contributed by atoms with E-state index < -0.39 is 53.7 Å². The second-order valence-electron chi connectivity index (χ2n) is 12.5. The monoisotopic (exact) mass is 621 g/mol. The van der Waals surface area contributed by atoms with Gasteiger partial charge in [-0.15, -0.1) is 0 Å². The molecule has 0 aliphatic carbocycles. The van der Waals surface area contributed by atoms with E-state index in [-0.39, 0.29) is 23.5 Å². The van der Waals surface area contributed by atoms with Crippen LogP contribution in [0.5, 0.6) is 0 Å². The number of nitrogens with zero attached hydrogens (tertiary/aromatic N) is 2. The SMILES string of the molecule is CCC[C@H](C(=O)NC1CCCCN(C)CCCCCNC1=O)[C@H](C(=O)O)C(C)C(N)N1C(=O)c2cc3ccccc3cc2C1=O. The molecular formula is C34H47N5O6. The average molecular weight is 622 g/mol. The highest BCUT2D eigenvalue weighted by Gasteiger charge is 2.46. The molecule has 5 atom stereocenters. The maximum atomic E-state index is 13.8. The minimum atomic E-state index is -1.31. The summed E-state index contributed by atoms with van der Waals surface area (Å²) in [5.74, 6) is -6.56. The number of nitrogens with one attached hydrogen (secondary N) is 2. The molecule has 1 fully saturated rings. The first-order chi connectivity index (χ1) is 21.5. The van der Waals surface area contributed by atoms with E-state index in [0.717, 1.165) is 60.9 Å². The lowest BCUT2D eigenvalue weighted by molar-refractivity contribution is -0.151. The Balaban J connectivity index is 1.53. The third-order valence-corrected chi connectivity index (χ3v) is 9.27. The van der Waals surface area contributed by atoms with Crippen molar-refractivity contribution >= 4 is 40.4 Å². The van der Waals surface area contributed by atoms with Gasteiger partial charge in [0.15, 0.2) is 0 Å². The van der Waals surface area contributed by atoms with Gasteiger partial charge in [0.25, 0.3) is 11.8 Å². The number of aliphatic carboxylic acids is 1. The van der Waals surface area contributed by atoms with Crippen LogP contribution in [0.25, 0.3) is 10.8 Å². The Morgan fingerprint density at radius 3 is 2.18 bits per heavy atom. The van der Waals surface area contributed by atoms with E-state index in [4.69, 9.17) is 5.73 Å². The number of carbonyl (C=O) groups is 5. The summed E-state index contributed by atoms with van der Waals surface area (Å²) < 4.78 is 0. The largest absolute Gasteiger partial charge is 0.481 e. The van der Waals surface area contributed by atoms with E-state index in [0.29, 0.717) is 19.4 Å². The van der Waals surface area contributed by atoms with Crippen LogP contribution in [0.4, 0.5) is 0 Å². The van der Waals surface area contributed by atoms with E-state index in [1.54, 1.807) is 19.1 Å². The lowest BCUT2D eigenvalue weighted by Gasteiger charge is -2.35. The van der Waals surface area contributed by atoms with E-state index in [1.807, 2.05) is 31.2 Å². The van der Waals surface area contributed by atoms with Crippen molar-refractivity contribution in [2.24, 2.45) is 23.5 Å². The van der Waals surface area contributed by atoms with Crippen LogP contribution < -0.4 is 16.4 Å². The summed E-state index contributed by atoms with van der Waals surface area (Å²) in [5.41, 5.74) is 6.96. The molecule has 0 saturated carbocycles. The molecule has 4 rings (SSSR count). The molecule has 4 amide bonds. The van der Waals surface area contributed by atoms with Gasteiger partial charge in [0, 0.05) is 12.5 Å². The Bertz CT molecular complexity index is 1360. The first-order valence-corrected chi connectivity index (χ1v) is 16.2. The van der Waals surface area contributed by atoms with Crippen molar-refractivity contribution in [3.05, 3.63) is 47.5 Å². The van der Waals surface area contributed by atoms with E-state index in [9.17, 15) is 29.1 Å². The molecule has 2 aliphatic heterocycles. The van der Waals surface area contributed by atoms with Gasteiger partial charge in [0.1, 0.15) is 6.04 Å². The highest BCUT2D eigenvalue weighted by Crippen LogP contribution is 2.34. The number of amides is 4. The summed E-state index contributed by atoms with van der Waals surface area (Å²) in [5, 5.41) is 17.8. The normalized spacial score (nSPS) is 21.5. The molecule has 0 spiro atoms. The Hall–Kier alpha value is -3.83. The fourth-order valence-electron chi connectivity index (χ4n) is 6.62. The molecule has 1 saturated heterocycles. The van der Waals surface area contributed by atoms with Crippen molar-refractivity contribution < 1.29 is 29.1 Å². The van der Waals surface area contributed by atoms with E-state index in [2.05, 4.69) is 22.6 Å². The molecular weight excluding hydrogens is 574 g/mol. The topological polar surface area (TPSA) is 162 Å². The van der Waals surface area contributed by atoms with Crippen LogP contribution in [0.3, 0.4) is 0 Å². The molecule has 45 heavy (non-hydrogen) atoms. The molecule has 244 valence electrons. The Morgan fingerprint density at radius 2 is 1.60 bits per heavy atom. The highest BCUT2D eigenvalue weighted by atomic mass is 16.4. The number of hydrogen-bond donors (Lipinski definition) is 4. The number of imide groups is 1. The van der Waals surface area contributed by atoms with Crippen LogP contribution in [-0.4, -0.2) is 83.4 Å². The van der Waals surface area contributed by atoms with Crippen molar-refractivity contribution in [1.29, 1.82) is 0 Å². The number of carboxylic acids is 1. The van der Waals surface area contributed by atoms with Gasteiger partial charge >= 0.3 is 5.97 Å². The molecule has 2 aromatic carbocycles. The molecule has 11 heteroatoms. The van der Waals surface area contributed by atoms with E-state index >= 15 is 0 Å². The summed E-state index contributed by atoms with van der Waals surface area (Å²) in [6.45, 7) is 5.81. The van der Waals surface area contributed by atoms with Gasteiger partial charge in [0.05, 0.1) is 29.1 Å². The number of nitrogens with two attached hydrogens (primary N) is 1. The zero-order valence-electron chi connectivity index (χ0n) is 26.6. The number of benzene rings is 2. The molecule has 5 N–H and O–H groups in total.